The third kappa shape index (κ3) is 5.30. The smallest absolute Gasteiger partial charge is 0.407 e. The highest BCUT2D eigenvalue weighted by Crippen LogP contribution is 2.34. The van der Waals surface area contributed by atoms with Crippen molar-refractivity contribution in [2.24, 2.45) is 5.92 Å². The van der Waals surface area contributed by atoms with E-state index in [1.165, 1.54) is 7.11 Å². The third-order valence-corrected chi connectivity index (χ3v) is 8.03. The van der Waals surface area contributed by atoms with Crippen molar-refractivity contribution in [2.75, 3.05) is 19.4 Å². The van der Waals surface area contributed by atoms with E-state index >= 15 is 0 Å². The largest absolute Gasteiger partial charge is 0.454 e. The summed E-state index contributed by atoms with van der Waals surface area (Å²) in [4.78, 5) is 55.5. The minimum Gasteiger partial charge on any atom is -0.454 e. The molecule has 0 spiro atoms. The highest BCUT2D eigenvalue weighted by molar-refractivity contribution is 5.89. The number of nitrogens with two attached hydrogens (primary N) is 1. The van der Waals surface area contributed by atoms with Crippen molar-refractivity contribution in [3.8, 4) is 33.8 Å². The maximum Gasteiger partial charge on any atom is 0.407 e. The number of ether oxygens (including phenoxy) is 1. The lowest BCUT2D eigenvalue weighted by molar-refractivity contribution is -0.135. The molecule has 5 aromatic rings. The summed E-state index contributed by atoms with van der Waals surface area (Å²) in [6, 6.07) is 11.8. The average Bonchev–Trinajstić information content (AvgIpc) is 3.83. The minimum atomic E-state index is -0.721. The van der Waals surface area contributed by atoms with Crippen LogP contribution < -0.4 is 16.5 Å². The first-order valence-corrected chi connectivity index (χ1v) is 14.4. The molecule has 12 heteroatoms. The van der Waals surface area contributed by atoms with E-state index in [1.54, 1.807) is 35.8 Å². The Bertz CT molecular complexity index is 1880. The Morgan fingerprint density at radius 3 is 2.55 bits per heavy atom. The average molecular weight is 596 g/mol. The van der Waals surface area contributed by atoms with E-state index in [2.05, 4.69) is 25.3 Å². The summed E-state index contributed by atoms with van der Waals surface area (Å²) in [6.07, 6.45) is 5.92. The second-order valence-electron chi connectivity index (χ2n) is 11.2. The van der Waals surface area contributed by atoms with Crippen molar-refractivity contribution in [1.29, 1.82) is 0 Å². The fourth-order valence-electron chi connectivity index (χ4n) is 5.65. The van der Waals surface area contributed by atoms with Gasteiger partial charge >= 0.3 is 6.09 Å². The molecular formula is C32H33N7O5. The van der Waals surface area contributed by atoms with Crippen molar-refractivity contribution in [1.82, 2.24) is 30.2 Å². The van der Waals surface area contributed by atoms with Crippen LogP contribution >= 0.6 is 0 Å². The number of H-pyrrole nitrogens is 2. The van der Waals surface area contributed by atoms with Crippen LogP contribution in [0.3, 0.4) is 0 Å². The summed E-state index contributed by atoms with van der Waals surface area (Å²) >= 11 is 0. The molecule has 2 amide bonds. The van der Waals surface area contributed by atoms with E-state index in [1.807, 2.05) is 44.2 Å². The lowest BCUT2D eigenvalue weighted by Crippen LogP contribution is -2.51. The molecular weight excluding hydrogens is 562 g/mol. The van der Waals surface area contributed by atoms with Crippen LogP contribution in [0.4, 0.5) is 10.5 Å². The van der Waals surface area contributed by atoms with Crippen LogP contribution in [0, 0.1) is 5.92 Å². The van der Waals surface area contributed by atoms with Gasteiger partial charge in [0.25, 0.3) is 0 Å². The van der Waals surface area contributed by atoms with Crippen molar-refractivity contribution >= 4 is 28.7 Å². The summed E-state index contributed by atoms with van der Waals surface area (Å²) in [5.41, 5.74) is 10.3. The number of fused-ring (bicyclic) bond motifs is 1. The van der Waals surface area contributed by atoms with Gasteiger partial charge in [-0.2, -0.15) is 0 Å². The normalized spacial score (nSPS) is 15.5. The second kappa shape index (κ2) is 11.7. The predicted octanol–water partition coefficient (Wildman–Crippen LogP) is 4.87. The van der Waals surface area contributed by atoms with Gasteiger partial charge in [-0.3, -0.25) is 9.59 Å². The van der Waals surface area contributed by atoms with E-state index < -0.39 is 12.1 Å². The molecule has 0 bridgehead atoms. The van der Waals surface area contributed by atoms with Gasteiger partial charge in [-0.05, 0) is 42.5 Å². The number of carbonyl (C=O) groups is 2. The van der Waals surface area contributed by atoms with Gasteiger partial charge in [-0.15, -0.1) is 0 Å². The zero-order valence-electron chi connectivity index (χ0n) is 24.6. The molecule has 1 aliphatic rings. The van der Waals surface area contributed by atoms with E-state index in [0.29, 0.717) is 40.4 Å². The first-order chi connectivity index (χ1) is 21.2. The number of amides is 2. The number of hydrogen-bond acceptors (Lipinski definition) is 8. The molecule has 1 aliphatic heterocycles. The number of benzene rings is 2. The number of nitrogen functional groups attached to an aromatic ring is 1. The van der Waals surface area contributed by atoms with Crippen LogP contribution in [0.15, 0.2) is 70.4 Å². The first-order valence-electron chi connectivity index (χ1n) is 14.4. The Kier molecular flexibility index (Phi) is 7.64. The fraction of sp³-hybridized carbons (Fsp3) is 0.281. The number of aromatic amines is 2. The maximum absolute atomic E-state index is 13.5. The molecule has 1 fully saturated rings. The fourth-order valence-corrected chi connectivity index (χ4v) is 5.65. The lowest BCUT2D eigenvalue weighted by atomic mass is 10.0. The van der Waals surface area contributed by atoms with E-state index in [4.69, 9.17) is 14.9 Å². The quantitative estimate of drug-likeness (QED) is 0.206. The van der Waals surface area contributed by atoms with Gasteiger partial charge in [-0.1, -0.05) is 38.1 Å². The number of nitrogens with zero attached hydrogens (tertiary/aromatic N) is 3. The Balaban J connectivity index is 1.26. The summed E-state index contributed by atoms with van der Waals surface area (Å²) in [7, 11) is 1.27. The van der Waals surface area contributed by atoms with E-state index in [-0.39, 0.29) is 29.0 Å². The molecule has 0 aliphatic carbocycles. The van der Waals surface area contributed by atoms with E-state index in [0.717, 1.165) is 29.7 Å². The number of methoxy groups -OCH3 is 1. The highest BCUT2D eigenvalue weighted by atomic mass is 16.5. The molecule has 226 valence electrons. The van der Waals surface area contributed by atoms with Crippen molar-refractivity contribution in [2.45, 2.75) is 38.8 Å². The second-order valence-corrected chi connectivity index (χ2v) is 11.2. The predicted molar refractivity (Wildman–Crippen MR) is 165 cm³/mol. The molecule has 5 N–H and O–H groups in total. The number of likely N-dealkylation sites (tertiary alicyclic amines) is 1. The third-order valence-electron chi connectivity index (χ3n) is 8.03. The number of nitrogens with one attached hydrogen (secondary N) is 3. The SMILES string of the molecule is COC(=O)NC(C(=O)N1CCCC1c1ncc(-c2ccc3oc(-c4ccc(-c5cnc[nH]5)cc4)c(N)c(=O)c3c2)[nH]1)C(C)C. The molecule has 2 atom stereocenters. The molecule has 0 saturated carbocycles. The van der Waals surface area contributed by atoms with Gasteiger partial charge in [0.1, 0.15) is 23.1 Å². The zero-order chi connectivity index (χ0) is 31.0. The Labute approximate surface area is 252 Å². The monoisotopic (exact) mass is 595 g/mol. The molecule has 2 unspecified atom stereocenters. The Hall–Kier alpha value is -5.39. The Morgan fingerprint density at radius 2 is 1.84 bits per heavy atom. The van der Waals surface area contributed by atoms with E-state index in [9.17, 15) is 14.4 Å². The van der Waals surface area contributed by atoms with Gasteiger partial charge in [0, 0.05) is 17.7 Å². The summed E-state index contributed by atoms with van der Waals surface area (Å²) in [5.74, 6) is 0.625. The van der Waals surface area contributed by atoms with Gasteiger partial charge < -0.3 is 35.1 Å². The van der Waals surface area contributed by atoms with Gasteiger partial charge in [0.15, 0.2) is 5.76 Å². The topological polar surface area (TPSA) is 172 Å². The minimum absolute atomic E-state index is 0.0228. The number of imidazole rings is 2. The number of rotatable bonds is 7. The molecule has 2 aromatic carbocycles. The lowest BCUT2D eigenvalue weighted by Gasteiger charge is -2.30. The molecule has 0 radical (unpaired) electrons. The van der Waals surface area contributed by atoms with Crippen LogP contribution in [0.2, 0.25) is 0 Å². The van der Waals surface area contributed by atoms with Crippen LogP contribution in [0.1, 0.15) is 38.6 Å². The number of hydrogen-bond donors (Lipinski definition) is 4. The summed E-state index contributed by atoms with van der Waals surface area (Å²) in [5, 5.41) is 3.01. The standard InChI is InChI=1S/C32H33N7O5/c1-17(2)27(38-32(42)43-3)31(41)39-12-4-5-24(39)30-35-15-23(37-30)20-10-11-25-21(13-20)28(40)26(33)29(44-25)19-8-6-18(7-9-19)22-14-34-16-36-22/h6-11,13-17,24,27H,4-5,12,33H2,1-3H3,(H,34,36)(H,35,37)(H,38,42). The number of alkyl carbamates (subject to hydrolysis) is 1. The van der Waals surface area contributed by atoms with Crippen molar-refractivity contribution < 1.29 is 18.7 Å². The Morgan fingerprint density at radius 1 is 1.09 bits per heavy atom. The number of carbonyl (C=O) groups excluding carboxylic acids is 2. The van der Waals surface area contributed by atoms with Gasteiger partial charge in [-0.25, -0.2) is 14.8 Å². The summed E-state index contributed by atoms with van der Waals surface area (Å²) in [6.45, 7) is 4.30. The van der Waals surface area contributed by atoms with Crippen molar-refractivity contribution in [3.63, 3.8) is 0 Å². The molecule has 3 aromatic heterocycles. The molecule has 4 heterocycles. The van der Waals surface area contributed by atoms with Crippen LogP contribution in [0.5, 0.6) is 0 Å². The van der Waals surface area contributed by atoms with Crippen LogP contribution in [-0.2, 0) is 9.53 Å². The molecule has 12 nitrogen and oxygen atoms in total. The summed E-state index contributed by atoms with van der Waals surface area (Å²) < 4.78 is 10.9. The highest BCUT2D eigenvalue weighted by Gasteiger charge is 2.37. The van der Waals surface area contributed by atoms with Gasteiger partial charge in [0.05, 0.1) is 48.6 Å². The maximum atomic E-state index is 13.5. The molecule has 6 rings (SSSR count). The number of anilines is 1. The van der Waals surface area contributed by atoms with Crippen LogP contribution in [0.25, 0.3) is 44.8 Å². The number of aromatic nitrogens is 4. The molecule has 1 saturated heterocycles. The van der Waals surface area contributed by atoms with Gasteiger partial charge in [0.2, 0.25) is 11.3 Å². The van der Waals surface area contributed by atoms with Crippen LogP contribution in [-0.4, -0.2) is 56.5 Å². The first kappa shape index (κ1) is 28.7. The van der Waals surface area contributed by atoms with Crippen molar-refractivity contribution in [3.05, 3.63) is 77.2 Å². The molecule has 44 heavy (non-hydrogen) atoms. The zero-order valence-corrected chi connectivity index (χ0v) is 24.6.